The van der Waals surface area contributed by atoms with Crippen LogP contribution in [0.2, 0.25) is 0 Å². The number of primary amides is 3. The summed E-state index contributed by atoms with van der Waals surface area (Å²) in [6.45, 7) is 4.07. The monoisotopic (exact) mass is 1600 g/mol. The summed E-state index contributed by atoms with van der Waals surface area (Å²) in [5.74, 6) is -23.0. The maximum absolute atomic E-state index is 14.8. The van der Waals surface area contributed by atoms with E-state index in [1.165, 1.54) is 12.1 Å². The fourth-order valence-electron chi connectivity index (χ4n) is 11.0. The third-order valence-electron chi connectivity index (χ3n) is 16.5. The van der Waals surface area contributed by atoms with Gasteiger partial charge in [-0.3, -0.25) is 96.1 Å². The predicted octanol–water partition coefficient (Wildman–Crippen LogP) is -9.40. The molecule has 2 heterocycles. The molecule has 0 spiro atoms. The van der Waals surface area contributed by atoms with Crippen molar-refractivity contribution in [2.45, 2.75) is 216 Å². The average Bonchev–Trinajstić information content (AvgIpc) is 1.75. The number of rotatable bonds is 46. The fourth-order valence-corrected chi connectivity index (χ4v) is 11.4. The zero-order valence-electron chi connectivity index (χ0n) is 61.2. The zero-order chi connectivity index (χ0) is 84.5. The second kappa shape index (κ2) is 46.4. The van der Waals surface area contributed by atoms with Crippen molar-refractivity contribution in [1.29, 1.82) is 0 Å². The van der Waals surface area contributed by atoms with Crippen molar-refractivity contribution in [3.63, 3.8) is 0 Å². The van der Waals surface area contributed by atoms with Crippen LogP contribution in [0.15, 0.2) is 24.3 Å². The van der Waals surface area contributed by atoms with Gasteiger partial charge in [-0.2, -0.15) is 0 Å². The molecule has 2 aliphatic rings. The van der Waals surface area contributed by atoms with E-state index < -0.39 is 282 Å². The number of aliphatic hydroxyl groups excluding tert-OH is 3. The number of carboxylic acid groups (broad SMARTS) is 4. The summed E-state index contributed by atoms with van der Waals surface area (Å²) in [4.78, 5) is 268. The predicted molar refractivity (Wildman–Crippen MR) is 376 cm³/mol. The molecule has 1 aromatic rings. The lowest BCUT2D eigenvalue weighted by molar-refractivity contribution is -0.144. The minimum atomic E-state index is -5.13. The molecule has 0 radical (unpaired) electrons. The zero-order valence-corrected chi connectivity index (χ0v) is 62.0. The molecule has 27 N–H and O–H groups in total. The molecule has 46 nitrogen and oxygen atoms in total. The lowest BCUT2D eigenvalue weighted by Gasteiger charge is -2.31. The first-order chi connectivity index (χ1) is 51.7. The van der Waals surface area contributed by atoms with Crippen LogP contribution in [0.4, 0.5) is 0 Å². The van der Waals surface area contributed by atoms with E-state index in [0.717, 1.165) is 42.7 Å². The van der Waals surface area contributed by atoms with E-state index in [2.05, 4.69) is 57.7 Å². The number of hydrogen-bond donors (Lipinski definition) is 23. The summed E-state index contributed by atoms with van der Waals surface area (Å²) in [7, 11) is -5.13. The lowest BCUT2D eigenvalue weighted by atomic mass is 10.0. The van der Waals surface area contributed by atoms with Crippen LogP contribution < -0.4 is 80.6 Å². The van der Waals surface area contributed by atoms with Crippen molar-refractivity contribution in [3.05, 3.63) is 29.8 Å². The van der Waals surface area contributed by atoms with Gasteiger partial charge in [0.05, 0.1) is 31.8 Å². The normalized spacial score (nSPS) is 17.1. The minimum Gasteiger partial charge on any atom is -0.481 e. The quantitative estimate of drug-likeness (QED) is 0.0270. The van der Waals surface area contributed by atoms with Crippen LogP contribution in [-0.4, -0.2) is 279 Å². The summed E-state index contributed by atoms with van der Waals surface area (Å²) in [5.41, 5.74) is 21.9. The number of carbonyl (C=O) groups excluding carboxylic acids is 15. The van der Waals surface area contributed by atoms with Crippen molar-refractivity contribution in [2.75, 3.05) is 26.2 Å². The molecule has 2 saturated heterocycles. The number of nitrogens with one attached hydrogen (secondary N) is 10. The lowest BCUT2D eigenvalue weighted by Crippen LogP contribution is -2.62. The third kappa shape index (κ3) is 35.0. The molecule has 2 fully saturated rings. The number of hydrogen-bond acceptors (Lipinski definition) is 25. The first kappa shape index (κ1) is 96.0. The van der Waals surface area contributed by atoms with Crippen LogP contribution in [0.5, 0.6) is 5.75 Å². The number of aliphatic carboxylic acids is 4. The molecular weight excluding hydrogens is 1500 g/mol. The standard InChI is InChI=1S/C62H95N16O28P.C2H4O2/c1-28(2)23-39(62(101)102)74-54(93)38(25-45(65)84)73-51(90)33(15-19-47(86)87)68-46(85)26-67-56(95)41-7-5-21-77(41)60(99)35(14-18-44(64)83)70-53(92)37(24-31-9-11-32(12-10-31)106-107(103,104)105)72-52(91)34(13-17-43(63)82)69-57(96)42-8-6-22-78(42)61(100)36(16-20-48(88)89)71-59(98)50(30(4)81)76-55(94)40(27-79)75-58(97)49(66)29(3)80;1-2(3)4/h9-12,28-30,33-42,49-50,79-81H,5-8,13-27,66H2,1-4H3,(H2,63,82)(H2,64,83)(H2,65,84)(H,67,95)(H,68,85)(H,69,96)(H,70,92)(H,71,98)(H,72,91)(H,73,90)(H,74,93)(H,75,97)(H,76,94)(H,86,87)(H,88,89)(H,101,102)(H2,103,104,105);1H3,(H,3,4)/t29-,30-,33+,34+,35+,36+,37+,38+,39+,40+,41+,42+,49+,50+;/m1./s1. The van der Waals surface area contributed by atoms with Crippen molar-refractivity contribution in [1.82, 2.24) is 63.0 Å². The van der Waals surface area contributed by atoms with Crippen LogP contribution in [0, 0.1) is 5.92 Å². The number of carboxylic acids is 4. The molecule has 14 atom stereocenters. The van der Waals surface area contributed by atoms with Gasteiger partial charge in [-0.15, -0.1) is 0 Å². The largest absolute Gasteiger partial charge is 0.524 e. The molecule has 15 amide bonds. The van der Waals surface area contributed by atoms with E-state index in [0.29, 0.717) is 0 Å². The third-order valence-corrected chi connectivity index (χ3v) is 17.0. The Balaban J connectivity index is 0.0000102. The Morgan fingerprint density at radius 3 is 1.38 bits per heavy atom. The van der Waals surface area contributed by atoms with Gasteiger partial charge in [0, 0.05) is 52.1 Å². The highest BCUT2D eigenvalue weighted by atomic mass is 31.2. The second-order valence-electron chi connectivity index (χ2n) is 26.3. The molecule has 0 aromatic heterocycles. The second-order valence-corrected chi connectivity index (χ2v) is 27.4. The van der Waals surface area contributed by atoms with Gasteiger partial charge in [-0.05, 0) is 95.2 Å². The Bertz CT molecular complexity index is 3580. The Hall–Kier alpha value is -11.1. The number of nitrogens with two attached hydrogens (primary N) is 4. The molecule has 2 aliphatic heterocycles. The number of aliphatic hydroxyl groups is 3. The van der Waals surface area contributed by atoms with Gasteiger partial charge in [0.15, 0.2) is 0 Å². The summed E-state index contributed by atoms with van der Waals surface area (Å²) < 4.78 is 16.3. The van der Waals surface area contributed by atoms with E-state index in [1.54, 1.807) is 13.8 Å². The van der Waals surface area contributed by atoms with Gasteiger partial charge < -0.3 is 126 Å². The van der Waals surface area contributed by atoms with Gasteiger partial charge >= 0.3 is 25.7 Å². The van der Waals surface area contributed by atoms with Gasteiger partial charge in [0.25, 0.3) is 5.97 Å². The highest BCUT2D eigenvalue weighted by Gasteiger charge is 2.43. The fraction of sp³-hybridized carbons (Fsp3) is 0.609. The van der Waals surface area contributed by atoms with Crippen molar-refractivity contribution >= 4 is 120 Å². The molecule has 47 heteroatoms. The molecule has 0 saturated carbocycles. The van der Waals surface area contributed by atoms with Crippen LogP contribution in [-0.2, 0) is 102 Å². The topological polar surface area (TPSA) is 764 Å². The van der Waals surface area contributed by atoms with Gasteiger partial charge in [0.2, 0.25) is 88.6 Å². The molecule has 3 rings (SSSR count). The Labute approximate surface area is 633 Å². The Morgan fingerprint density at radius 2 is 0.928 bits per heavy atom. The highest BCUT2D eigenvalue weighted by Crippen LogP contribution is 2.37. The Kier molecular flexibility index (Phi) is 40.2. The number of benzene rings is 1. The number of likely N-dealkylation sites (tertiary alicyclic amines) is 2. The van der Waals surface area contributed by atoms with Gasteiger partial charge in [-0.25, -0.2) is 9.36 Å². The van der Waals surface area contributed by atoms with Gasteiger partial charge in [0.1, 0.15) is 78.3 Å². The number of phosphoric acid groups is 1. The number of amides is 15. The molecular formula is C64H99N16O30P. The van der Waals surface area contributed by atoms with Crippen LogP contribution >= 0.6 is 7.82 Å². The number of phosphoric ester groups is 1. The molecule has 0 bridgehead atoms. The van der Waals surface area contributed by atoms with Crippen LogP contribution in [0.1, 0.15) is 130 Å². The Morgan fingerprint density at radius 1 is 0.514 bits per heavy atom. The summed E-state index contributed by atoms with van der Waals surface area (Å²) in [6.07, 6.45) is -10.2. The minimum absolute atomic E-state index is 0.0597. The molecule has 0 unspecified atom stereocenters. The van der Waals surface area contributed by atoms with E-state index in [1.807, 2.05) is 0 Å². The van der Waals surface area contributed by atoms with E-state index in [4.69, 9.17) is 32.8 Å². The van der Waals surface area contributed by atoms with E-state index >= 15 is 0 Å². The van der Waals surface area contributed by atoms with Crippen molar-refractivity contribution in [3.8, 4) is 5.75 Å². The SMILES string of the molecule is CC(=O)O.CC(C)C[C@H](NC(=O)[C@H](CC(N)=O)NC(=O)[C@H](CCC(=O)O)NC(=O)CNC(=O)[C@@H]1CCCN1C(=O)[C@H](CCC(N)=O)NC(=O)[C@H](Cc1ccc(OP(=O)(O)O)cc1)NC(=O)[C@H](CCC(N)=O)NC(=O)[C@@H]1CCCN1C(=O)[C@H](CCC(=O)O)NC(=O)[C@@H](NC(=O)[C@H](CO)NC(=O)[C@@H](N)[C@@H](C)O)[C@@H](C)O)C(=O)O. The first-order valence-electron chi connectivity index (χ1n) is 34.5. The maximum Gasteiger partial charge on any atom is 0.524 e. The number of nitrogens with zero attached hydrogens (tertiary/aromatic N) is 2. The van der Waals surface area contributed by atoms with Crippen LogP contribution in [0.3, 0.4) is 0 Å². The van der Waals surface area contributed by atoms with Crippen LogP contribution in [0.25, 0.3) is 0 Å². The maximum atomic E-state index is 14.8. The first-order valence-corrected chi connectivity index (χ1v) is 36.1. The number of carbonyl (C=O) groups is 19. The summed E-state index contributed by atoms with van der Waals surface area (Å²) >= 11 is 0. The molecule has 620 valence electrons. The molecule has 1 aromatic carbocycles. The van der Waals surface area contributed by atoms with Crippen molar-refractivity contribution < 1.29 is 146 Å². The molecule has 0 aliphatic carbocycles. The average molecular weight is 1600 g/mol. The van der Waals surface area contributed by atoms with E-state index in [-0.39, 0.29) is 62.4 Å². The summed E-state index contributed by atoms with van der Waals surface area (Å²) in [6, 6.07) is -16.3. The molecule has 111 heavy (non-hydrogen) atoms. The summed E-state index contributed by atoms with van der Waals surface area (Å²) in [5, 5.41) is 88.9. The highest BCUT2D eigenvalue weighted by molar-refractivity contribution is 7.46. The van der Waals surface area contributed by atoms with E-state index in [9.17, 15) is 131 Å². The van der Waals surface area contributed by atoms with Crippen molar-refractivity contribution in [2.24, 2.45) is 28.9 Å². The van der Waals surface area contributed by atoms with Gasteiger partial charge in [-0.1, -0.05) is 26.0 Å². The smallest absolute Gasteiger partial charge is 0.481 e.